The molecule has 0 spiro atoms. The molecule has 4 nitrogen and oxygen atoms in total. The minimum Gasteiger partial charge on any atom is -0.502 e. The predicted molar refractivity (Wildman–Crippen MR) is 101 cm³/mol. The van der Waals surface area contributed by atoms with Crippen molar-refractivity contribution < 1.29 is 14.6 Å². The van der Waals surface area contributed by atoms with Crippen molar-refractivity contribution in [1.82, 2.24) is 4.98 Å². The Bertz CT molecular complexity index is 907. The molecule has 130 valence electrons. The lowest BCUT2D eigenvalue weighted by Crippen LogP contribution is -1.94. The third-order valence-electron chi connectivity index (χ3n) is 4.48. The summed E-state index contributed by atoms with van der Waals surface area (Å²) in [5.41, 5.74) is 5.04. The first-order valence-corrected chi connectivity index (χ1v) is 8.31. The van der Waals surface area contributed by atoms with Gasteiger partial charge in [-0.05, 0) is 48.2 Å². The maximum absolute atomic E-state index is 10.1. The molecule has 0 amide bonds. The van der Waals surface area contributed by atoms with Gasteiger partial charge in [0.1, 0.15) is 0 Å². The number of pyridine rings is 1. The van der Waals surface area contributed by atoms with E-state index in [1.165, 1.54) is 19.8 Å². The molecule has 3 aromatic rings. The molecule has 0 unspecified atom stereocenters. The first kappa shape index (κ1) is 17.1. The van der Waals surface area contributed by atoms with Gasteiger partial charge in [0, 0.05) is 10.9 Å². The van der Waals surface area contributed by atoms with Gasteiger partial charge in [0.15, 0.2) is 11.5 Å². The highest BCUT2D eigenvalue weighted by Crippen LogP contribution is 2.40. The van der Waals surface area contributed by atoms with E-state index in [0.717, 1.165) is 27.7 Å². The second-order valence-electron chi connectivity index (χ2n) is 6.49. The molecule has 0 aliphatic rings. The van der Waals surface area contributed by atoms with Gasteiger partial charge in [0.25, 0.3) is 0 Å². The van der Waals surface area contributed by atoms with Crippen molar-refractivity contribution in [1.29, 1.82) is 0 Å². The molecule has 0 atom stereocenters. The van der Waals surface area contributed by atoms with Gasteiger partial charge in [0.05, 0.1) is 25.4 Å². The average Bonchev–Trinajstić information content (AvgIpc) is 2.61. The summed E-state index contributed by atoms with van der Waals surface area (Å²) >= 11 is 0. The fraction of sp³-hybridized carbons (Fsp3) is 0.286. The largest absolute Gasteiger partial charge is 0.502 e. The van der Waals surface area contributed by atoms with Crippen molar-refractivity contribution in [2.75, 3.05) is 14.2 Å². The fourth-order valence-corrected chi connectivity index (χ4v) is 2.97. The van der Waals surface area contributed by atoms with Gasteiger partial charge < -0.3 is 14.6 Å². The van der Waals surface area contributed by atoms with Crippen LogP contribution in [-0.4, -0.2) is 24.3 Å². The summed E-state index contributed by atoms with van der Waals surface area (Å²) in [6, 6.07) is 12.0. The summed E-state index contributed by atoms with van der Waals surface area (Å²) < 4.78 is 10.5. The van der Waals surface area contributed by atoms with Crippen molar-refractivity contribution in [2.24, 2.45) is 0 Å². The molecule has 0 bridgehead atoms. The minimum absolute atomic E-state index is 0.00615. The smallest absolute Gasteiger partial charge is 0.200 e. The van der Waals surface area contributed by atoms with Crippen LogP contribution in [0.1, 0.15) is 30.9 Å². The maximum Gasteiger partial charge on any atom is 0.200 e. The van der Waals surface area contributed by atoms with Gasteiger partial charge in [-0.2, -0.15) is 0 Å². The van der Waals surface area contributed by atoms with Crippen molar-refractivity contribution in [3.05, 3.63) is 47.5 Å². The van der Waals surface area contributed by atoms with Crippen LogP contribution in [0.15, 0.2) is 36.4 Å². The van der Waals surface area contributed by atoms with Crippen LogP contribution in [0.2, 0.25) is 0 Å². The lowest BCUT2D eigenvalue weighted by Gasteiger charge is -2.13. The van der Waals surface area contributed by atoms with Crippen molar-refractivity contribution in [2.45, 2.75) is 26.7 Å². The van der Waals surface area contributed by atoms with Gasteiger partial charge in [0.2, 0.25) is 5.75 Å². The van der Waals surface area contributed by atoms with Crippen LogP contribution in [-0.2, 0) is 0 Å². The number of aryl methyl sites for hydroxylation is 1. The van der Waals surface area contributed by atoms with Crippen LogP contribution in [0.3, 0.4) is 0 Å². The van der Waals surface area contributed by atoms with Gasteiger partial charge in [-0.3, -0.25) is 0 Å². The van der Waals surface area contributed by atoms with E-state index >= 15 is 0 Å². The summed E-state index contributed by atoms with van der Waals surface area (Å²) in [5.74, 6) is 1.17. The maximum atomic E-state index is 10.1. The van der Waals surface area contributed by atoms with Crippen molar-refractivity contribution >= 4 is 10.9 Å². The molecule has 1 aromatic heterocycles. The Balaban J connectivity index is 2.22. The molecule has 0 aliphatic carbocycles. The number of methoxy groups -OCH3 is 2. The van der Waals surface area contributed by atoms with Gasteiger partial charge in [-0.15, -0.1) is 0 Å². The highest BCUT2D eigenvalue weighted by molar-refractivity contribution is 5.86. The summed E-state index contributed by atoms with van der Waals surface area (Å²) in [7, 11) is 3.04. The number of phenolic OH excluding ortho intramolecular Hbond substituents is 1. The van der Waals surface area contributed by atoms with E-state index in [2.05, 4.69) is 39.0 Å². The summed E-state index contributed by atoms with van der Waals surface area (Å²) in [5, 5.41) is 11.3. The summed E-state index contributed by atoms with van der Waals surface area (Å²) in [6.45, 7) is 6.43. The van der Waals surface area contributed by atoms with E-state index < -0.39 is 0 Å². The van der Waals surface area contributed by atoms with Gasteiger partial charge in [-0.25, -0.2) is 4.98 Å². The van der Waals surface area contributed by atoms with Crippen LogP contribution < -0.4 is 9.47 Å². The Labute approximate surface area is 148 Å². The Morgan fingerprint density at radius 2 is 1.60 bits per heavy atom. The Hall–Kier alpha value is -2.75. The molecule has 25 heavy (non-hydrogen) atoms. The molecular weight excluding hydrogens is 314 g/mol. The second-order valence-corrected chi connectivity index (χ2v) is 6.49. The van der Waals surface area contributed by atoms with Crippen LogP contribution >= 0.6 is 0 Å². The number of rotatable bonds is 4. The first-order valence-electron chi connectivity index (χ1n) is 8.31. The third-order valence-corrected chi connectivity index (χ3v) is 4.48. The molecule has 0 radical (unpaired) electrons. The van der Waals surface area contributed by atoms with E-state index in [1.54, 1.807) is 12.1 Å². The monoisotopic (exact) mass is 337 g/mol. The average molecular weight is 337 g/mol. The van der Waals surface area contributed by atoms with Crippen LogP contribution in [0.5, 0.6) is 17.2 Å². The molecule has 0 aliphatic heterocycles. The number of aromatic nitrogens is 1. The lowest BCUT2D eigenvalue weighted by molar-refractivity contribution is 0.340. The van der Waals surface area contributed by atoms with E-state index in [0.29, 0.717) is 17.4 Å². The molecule has 2 aromatic carbocycles. The number of ether oxygens (including phenoxy) is 2. The number of nitrogens with zero attached hydrogens (tertiary/aromatic N) is 1. The van der Waals surface area contributed by atoms with Crippen molar-refractivity contribution in [3.63, 3.8) is 0 Å². The quantitative estimate of drug-likeness (QED) is 0.723. The molecule has 3 rings (SSSR count). The zero-order valence-electron chi connectivity index (χ0n) is 15.3. The highest BCUT2D eigenvalue weighted by atomic mass is 16.5. The standard InChI is InChI=1S/C21H23NO3/c1-12(2)14-6-7-16-13(3)8-17(22-18(16)9-14)15-10-19(24-4)21(23)20(11-15)25-5/h6-12,23H,1-5H3. The molecule has 1 N–H and O–H groups in total. The van der Waals surface area contributed by atoms with Crippen LogP contribution in [0.25, 0.3) is 22.2 Å². The Morgan fingerprint density at radius 3 is 2.16 bits per heavy atom. The van der Waals surface area contributed by atoms with Crippen LogP contribution in [0.4, 0.5) is 0 Å². The van der Waals surface area contributed by atoms with Crippen LogP contribution in [0, 0.1) is 6.92 Å². The van der Waals surface area contributed by atoms with Crippen molar-refractivity contribution in [3.8, 4) is 28.5 Å². The van der Waals surface area contributed by atoms with Gasteiger partial charge in [-0.1, -0.05) is 26.0 Å². The first-order chi connectivity index (χ1) is 11.9. The van der Waals surface area contributed by atoms with E-state index in [-0.39, 0.29) is 5.75 Å². The van der Waals surface area contributed by atoms with E-state index in [1.807, 2.05) is 6.07 Å². The lowest BCUT2D eigenvalue weighted by atomic mass is 9.98. The number of benzene rings is 2. The zero-order chi connectivity index (χ0) is 18.1. The SMILES string of the molecule is COc1cc(-c2cc(C)c3ccc(C(C)C)cc3n2)cc(OC)c1O. The van der Waals surface area contributed by atoms with Gasteiger partial charge >= 0.3 is 0 Å². The third kappa shape index (κ3) is 3.12. The molecule has 0 saturated heterocycles. The van der Waals surface area contributed by atoms with E-state index in [4.69, 9.17) is 14.5 Å². The molecule has 4 heteroatoms. The summed E-state index contributed by atoms with van der Waals surface area (Å²) in [4.78, 5) is 4.84. The number of hydrogen-bond acceptors (Lipinski definition) is 4. The second kappa shape index (κ2) is 6.63. The number of hydrogen-bond donors (Lipinski definition) is 1. The summed E-state index contributed by atoms with van der Waals surface area (Å²) in [6.07, 6.45) is 0. The number of aromatic hydroxyl groups is 1. The molecule has 1 heterocycles. The van der Waals surface area contributed by atoms with E-state index in [9.17, 15) is 5.11 Å². The highest BCUT2D eigenvalue weighted by Gasteiger charge is 2.14. The zero-order valence-corrected chi connectivity index (χ0v) is 15.3. The predicted octanol–water partition coefficient (Wildman–Crippen LogP) is 5.06. The molecule has 0 fully saturated rings. The molecule has 0 saturated carbocycles. The topological polar surface area (TPSA) is 51.6 Å². The number of fused-ring (bicyclic) bond motifs is 1. The Morgan fingerprint density at radius 1 is 0.960 bits per heavy atom. The fourth-order valence-electron chi connectivity index (χ4n) is 2.97. The Kier molecular flexibility index (Phi) is 4.53. The normalized spacial score (nSPS) is 11.1. The number of phenols is 1. The minimum atomic E-state index is -0.00615. The molecular formula is C21H23NO3.